The first-order chi connectivity index (χ1) is 38.5. The first-order valence-electron chi connectivity index (χ1n) is 30.8. The number of likely N-dealkylation sites (tertiary alicyclic amines) is 1. The number of ether oxygens (including phenoxy) is 1. The summed E-state index contributed by atoms with van der Waals surface area (Å²) in [5.74, 6) is -7.94. The molecule has 1 aliphatic rings. The van der Waals surface area contributed by atoms with Crippen molar-refractivity contribution in [2.24, 2.45) is 0 Å². The summed E-state index contributed by atoms with van der Waals surface area (Å²) in [5, 5.41) is -2.49. The molecule has 6 nitrogen and oxygen atoms in total. The van der Waals surface area contributed by atoms with Crippen molar-refractivity contribution in [3.05, 3.63) is 135 Å². The lowest BCUT2D eigenvalue weighted by Crippen LogP contribution is -2.48. The minimum absolute atomic E-state index is 0.0899. The number of aromatic nitrogens is 1. The zero-order valence-corrected chi connectivity index (χ0v) is 27.1. The number of halogens is 5. The van der Waals surface area contributed by atoms with Gasteiger partial charge in [-0.1, -0.05) is 60.4 Å². The quantitative estimate of drug-likeness (QED) is 0.0937. The fourth-order valence-electron chi connectivity index (χ4n) is 4.39. The molecule has 4 aromatic carbocycles. The molecule has 1 fully saturated rings. The Morgan fingerprint density at radius 3 is 2.51 bits per heavy atom. The minimum Gasteiger partial charge on any atom is -0.383 e. The lowest BCUT2D eigenvalue weighted by Gasteiger charge is -2.39. The van der Waals surface area contributed by atoms with Gasteiger partial charge >= 0.3 is 6.18 Å². The van der Waals surface area contributed by atoms with Gasteiger partial charge in [-0.2, -0.15) is 13.2 Å². The molecule has 12 heteroatoms. The number of fused-ring (bicyclic) bond motifs is 1. The van der Waals surface area contributed by atoms with Crippen molar-refractivity contribution < 1.29 is 76.7 Å². The molecular weight excluding hydrogens is 710 g/mol. The standard InChI is InChI=1S/C41H40F5N3O3S/c1-27-22-30(14-15-34(27)41(44,45)46)29-12-10-28(11-13-29)24-48(32-16-18-47(19-17-32)20-21-52-2)38(51)25-49-36-9-4-3-7-33(36)37(50)23-39(49)53-26-31-6-5-8-35(42)40(31)43/h3-15,22-23,32H,16-21,24-26H2,1-2H3/i2D3,3D,4D,5D,6D,7D,8D,9D,10D,11D,12D,13D,14D,15D,16D2,17D2,18D2,19D2,20D2,21D2,22D,23D,24D2,32D. The van der Waals surface area contributed by atoms with E-state index in [0.717, 1.165) is 0 Å². The Balaban J connectivity index is 1.82. The highest BCUT2D eigenvalue weighted by Crippen LogP contribution is 2.34. The van der Waals surface area contributed by atoms with Crippen LogP contribution in [-0.4, -0.2) is 59.4 Å². The SMILES string of the molecule is [2H]c1c([2H])c(F)c(F)c(CSc2c([2H])c(=O)c3c([2H])c([2H])c([2H])c([2H])c3n2CC(=O)N(C([2H])([2H])c2c([2H])c([2H])c(-c3c([2H])c([2H])c(C(F)(F)F)c(C)c3[2H])c([2H])c2[2H])C2([2H])C([2H])([2H])C([2H])([2H])N(C([2H])([2H])C([2H])([2H])OC([2H])([2H])[2H])C([2H])([2H])C2([2H])[2H])c1[2H]. The molecule has 0 saturated carbocycles. The third-order valence-electron chi connectivity index (χ3n) is 6.76. The second-order valence-corrected chi connectivity index (χ2v) is 11.1. The molecule has 0 spiro atoms. The Morgan fingerprint density at radius 2 is 1.77 bits per heavy atom. The van der Waals surface area contributed by atoms with E-state index in [-0.39, 0.29) is 16.3 Å². The number of pyridine rings is 1. The molecule has 6 rings (SSSR count). The number of nitrogens with zero attached hydrogens (tertiary/aromatic N) is 3. The van der Waals surface area contributed by atoms with Crippen molar-refractivity contribution in [1.29, 1.82) is 0 Å². The number of carbonyl (C=O) groups excluding carboxylic acids is 1. The third kappa shape index (κ3) is 9.00. The van der Waals surface area contributed by atoms with Crippen LogP contribution >= 0.6 is 11.8 Å². The lowest BCUT2D eigenvalue weighted by molar-refractivity contribution is -0.138. The van der Waals surface area contributed by atoms with Crippen molar-refractivity contribution in [2.45, 2.75) is 55.7 Å². The molecule has 278 valence electrons. The van der Waals surface area contributed by atoms with Crippen LogP contribution in [0.5, 0.6) is 0 Å². The smallest absolute Gasteiger partial charge is 0.383 e. The van der Waals surface area contributed by atoms with Gasteiger partial charge in [-0.3, -0.25) is 9.59 Å². The number of alkyl halides is 3. The van der Waals surface area contributed by atoms with Crippen LogP contribution in [0, 0.1) is 18.6 Å². The Morgan fingerprint density at radius 1 is 1.04 bits per heavy atom. The highest BCUT2D eigenvalue weighted by molar-refractivity contribution is 7.98. The van der Waals surface area contributed by atoms with Crippen molar-refractivity contribution in [1.82, 2.24) is 14.4 Å². The molecule has 0 bridgehead atoms. The van der Waals surface area contributed by atoms with Crippen molar-refractivity contribution >= 4 is 28.6 Å². The summed E-state index contributed by atoms with van der Waals surface area (Å²) in [5.41, 5.74) is -11.8. The maximum absolute atomic E-state index is 15.9. The Kier molecular flexibility index (Phi) is 4.59. The molecule has 0 aliphatic carbocycles. The van der Waals surface area contributed by atoms with E-state index in [2.05, 4.69) is 4.74 Å². The molecule has 2 heterocycles. The summed E-state index contributed by atoms with van der Waals surface area (Å²) in [7, 11) is -4.04. The fraction of sp³-hybridized carbons (Fsp3) is 0.317. The van der Waals surface area contributed by atoms with Gasteiger partial charge in [0.25, 0.3) is 0 Å². The van der Waals surface area contributed by atoms with E-state index in [1.165, 1.54) is 0 Å². The molecule has 1 saturated heterocycles. The molecular formula is C41H40F5N3O3S. The Hall–Kier alpha value is -4.52. The van der Waals surface area contributed by atoms with E-state index in [4.69, 9.17) is 35.6 Å². The number of methoxy groups -OCH3 is 1. The normalized spacial score (nSPS) is 28.6. The number of benzene rings is 4. The zero-order valence-electron chi connectivity index (χ0n) is 59.3. The van der Waals surface area contributed by atoms with Gasteiger partial charge in [0.2, 0.25) is 5.91 Å². The average molecular weight is 783 g/mol. The van der Waals surface area contributed by atoms with Gasteiger partial charge in [-0.05, 0) is 66.1 Å². The molecule has 0 atom stereocenters. The summed E-state index contributed by atoms with van der Waals surface area (Å²) >= 11 is -0.133. The van der Waals surface area contributed by atoms with Crippen molar-refractivity contribution in [3.8, 4) is 11.1 Å². The second kappa shape index (κ2) is 16.7. The van der Waals surface area contributed by atoms with Gasteiger partial charge in [0.1, 0.15) is 6.54 Å². The number of para-hydroxylation sites is 1. The van der Waals surface area contributed by atoms with E-state index in [1.807, 2.05) is 0 Å². The number of amides is 1. The number of hydrogen-bond donors (Lipinski definition) is 0. The van der Waals surface area contributed by atoms with E-state index in [9.17, 15) is 32.0 Å². The van der Waals surface area contributed by atoms with Crippen LogP contribution in [0.15, 0.2) is 100 Å². The maximum Gasteiger partial charge on any atom is 0.416 e. The summed E-state index contributed by atoms with van der Waals surface area (Å²) < 4.78 is 363. The zero-order chi connectivity index (χ0) is 66.7. The number of rotatable bonds is 12. The molecule has 0 radical (unpaired) electrons. The minimum atomic E-state index is -5.44. The van der Waals surface area contributed by atoms with E-state index < -0.39 is 250 Å². The predicted octanol–water partition coefficient (Wildman–Crippen LogP) is 8.71. The van der Waals surface area contributed by atoms with E-state index in [1.54, 1.807) is 0 Å². The summed E-state index contributed by atoms with van der Waals surface area (Å²) in [6, 6.07) is -28.0. The van der Waals surface area contributed by atoms with Gasteiger partial charge < -0.3 is 19.1 Å². The first kappa shape index (κ1) is 14.6. The van der Waals surface area contributed by atoms with Crippen LogP contribution in [0.2, 0.25) is 0 Å². The number of piperidine rings is 1. The summed E-state index contributed by atoms with van der Waals surface area (Å²) in [4.78, 5) is 27.5. The van der Waals surface area contributed by atoms with Crippen LogP contribution in [0.3, 0.4) is 0 Å². The van der Waals surface area contributed by atoms with Crippen LogP contribution in [-0.2, 0) is 34.5 Å². The molecule has 1 amide bonds. The lowest BCUT2D eigenvalue weighted by atomic mass is 9.98. The molecule has 0 unspecified atom stereocenters. The first-order valence-corrected chi connectivity index (χ1v) is 15.3. The van der Waals surface area contributed by atoms with Crippen LogP contribution in [0.1, 0.15) is 80.2 Å². The van der Waals surface area contributed by atoms with Gasteiger partial charge in [-0.25, -0.2) is 8.78 Å². The van der Waals surface area contributed by atoms with Gasteiger partial charge in [0.15, 0.2) is 17.1 Å². The van der Waals surface area contributed by atoms with E-state index in [0.29, 0.717) is 6.92 Å². The topological polar surface area (TPSA) is 54.8 Å². The number of hydrogen-bond acceptors (Lipinski definition) is 5. The molecule has 53 heavy (non-hydrogen) atoms. The molecule has 1 aromatic heterocycles. The summed E-state index contributed by atoms with van der Waals surface area (Å²) in [6.07, 6.45) is -15.8. The highest BCUT2D eigenvalue weighted by atomic mass is 32.2. The Bertz CT molecular complexity index is 3670. The predicted molar refractivity (Wildman–Crippen MR) is 198 cm³/mol. The summed E-state index contributed by atoms with van der Waals surface area (Å²) in [6.45, 7) is -26.1. The van der Waals surface area contributed by atoms with Gasteiger partial charge in [-0.15, -0.1) is 11.8 Å². The largest absolute Gasteiger partial charge is 0.416 e. The number of thioether (sulfide) groups is 1. The Labute approximate surface area is 355 Å². The van der Waals surface area contributed by atoms with Crippen LogP contribution < -0.4 is 5.43 Å². The molecule has 0 N–H and O–H groups in total. The monoisotopic (exact) mass is 782 g/mol. The third-order valence-corrected chi connectivity index (χ3v) is 7.78. The van der Waals surface area contributed by atoms with Crippen LogP contribution in [0.25, 0.3) is 22.0 Å². The average Bonchev–Trinajstić information content (AvgIpc) is 0.658. The van der Waals surface area contributed by atoms with E-state index >= 15 is 9.18 Å². The highest BCUT2D eigenvalue weighted by Gasteiger charge is 2.32. The fourth-order valence-corrected chi connectivity index (χ4v) is 5.34. The van der Waals surface area contributed by atoms with Gasteiger partial charge in [0.05, 0.1) is 54.2 Å². The molecule has 1 aliphatic heterocycles. The molecule has 5 aromatic rings. The second-order valence-electron chi connectivity index (χ2n) is 10.2. The van der Waals surface area contributed by atoms with Crippen molar-refractivity contribution in [2.75, 3.05) is 33.1 Å². The van der Waals surface area contributed by atoms with Crippen LogP contribution in [0.4, 0.5) is 22.0 Å². The van der Waals surface area contributed by atoms with Crippen molar-refractivity contribution in [3.63, 3.8) is 0 Å². The number of carbonyl (C=O) groups is 1. The van der Waals surface area contributed by atoms with Gasteiger partial charge in [0, 0.05) is 75.5 Å². The maximum atomic E-state index is 15.9.